The van der Waals surface area contributed by atoms with Crippen LogP contribution in [0.15, 0.2) is 57.5 Å². The lowest BCUT2D eigenvalue weighted by Gasteiger charge is -2.15. The molecule has 2 aromatic rings. The standard InChI is InChI=1S/C22H17Br2N3O7/c23-14-10-13(11-18(28)25-16-4-1-2-5-17(16)27(32)33)22(15(24)12-14)34-21(31)6-3-9-26-19(29)7-8-20(26)30/h1-2,4-5,7-8,10,12H,3,6,9,11H2,(H,25,28). The Morgan fingerprint density at radius 3 is 2.44 bits per heavy atom. The first-order valence-corrected chi connectivity index (χ1v) is 11.5. The summed E-state index contributed by atoms with van der Waals surface area (Å²) in [5.41, 5.74) is 0.161. The molecule has 0 aliphatic carbocycles. The average Bonchev–Trinajstić information content (AvgIpc) is 3.08. The van der Waals surface area contributed by atoms with E-state index in [4.69, 9.17) is 4.74 Å². The van der Waals surface area contributed by atoms with E-state index in [-0.39, 0.29) is 42.9 Å². The van der Waals surface area contributed by atoms with Crippen LogP contribution in [0.5, 0.6) is 5.75 Å². The number of nitrogens with one attached hydrogen (secondary N) is 1. The molecule has 0 saturated carbocycles. The number of imide groups is 1. The number of hydrogen-bond acceptors (Lipinski definition) is 7. The molecule has 3 rings (SSSR count). The van der Waals surface area contributed by atoms with Crippen molar-refractivity contribution in [1.82, 2.24) is 4.90 Å². The maximum Gasteiger partial charge on any atom is 0.311 e. The minimum Gasteiger partial charge on any atom is -0.425 e. The van der Waals surface area contributed by atoms with Gasteiger partial charge in [-0.15, -0.1) is 0 Å². The fourth-order valence-electron chi connectivity index (χ4n) is 3.16. The molecule has 1 heterocycles. The van der Waals surface area contributed by atoms with Gasteiger partial charge >= 0.3 is 5.97 Å². The third kappa shape index (κ3) is 6.35. The van der Waals surface area contributed by atoms with Gasteiger partial charge < -0.3 is 10.1 Å². The van der Waals surface area contributed by atoms with Gasteiger partial charge in [0.05, 0.1) is 15.8 Å². The van der Waals surface area contributed by atoms with E-state index in [0.717, 1.165) is 4.90 Å². The van der Waals surface area contributed by atoms with E-state index in [1.54, 1.807) is 18.2 Å². The van der Waals surface area contributed by atoms with Crippen molar-refractivity contribution in [2.45, 2.75) is 19.3 Å². The van der Waals surface area contributed by atoms with E-state index in [0.29, 0.717) is 14.5 Å². The quantitative estimate of drug-likeness (QED) is 0.153. The maximum atomic E-state index is 12.6. The second-order valence-electron chi connectivity index (χ2n) is 7.11. The normalized spacial score (nSPS) is 12.7. The summed E-state index contributed by atoms with van der Waals surface area (Å²) in [5.74, 6) is -1.89. The summed E-state index contributed by atoms with van der Waals surface area (Å²) in [7, 11) is 0. The molecule has 0 bridgehead atoms. The van der Waals surface area contributed by atoms with Crippen molar-refractivity contribution in [3.05, 3.63) is 73.2 Å². The number of benzene rings is 2. The second-order valence-corrected chi connectivity index (χ2v) is 8.88. The molecule has 0 saturated heterocycles. The van der Waals surface area contributed by atoms with Crippen molar-refractivity contribution in [3.63, 3.8) is 0 Å². The van der Waals surface area contributed by atoms with E-state index in [1.165, 1.54) is 30.4 Å². The van der Waals surface area contributed by atoms with Gasteiger partial charge in [0.15, 0.2) is 0 Å². The maximum absolute atomic E-state index is 12.6. The first-order valence-electron chi connectivity index (χ1n) is 9.91. The van der Waals surface area contributed by atoms with Crippen LogP contribution in [0.4, 0.5) is 11.4 Å². The highest BCUT2D eigenvalue weighted by Gasteiger charge is 2.24. The number of carbonyl (C=O) groups excluding carboxylic acids is 4. The Kier molecular flexibility index (Phi) is 8.29. The first-order chi connectivity index (χ1) is 16.2. The molecule has 1 N–H and O–H groups in total. The third-order valence-corrected chi connectivity index (χ3v) is 5.74. The Balaban J connectivity index is 1.67. The number of hydrogen-bond donors (Lipinski definition) is 1. The summed E-state index contributed by atoms with van der Waals surface area (Å²) >= 11 is 6.64. The van der Waals surface area contributed by atoms with E-state index < -0.39 is 28.6 Å². The van der Waals surface area contributed by atoms with Gasteiger partial charge in [-0.25, -0.2) is 0 Å². The molecule has 0 atom stereocenters. The fraction of sp³-hybridized carbons (Fsp3) is 0.182. The molecule has 12 heteroatoms. The van der Waals surface area contributed by atoms with Crippen molar-refractivity contribution in [2.75, 3.05) is 11.9 Å². The zero-order chi connectivity index (χ0) is 24.8. The lowest BCUT2D eigenvalue weighted by atomic mass is 10.1. The number of carbonyl (C=O) groups is 4. The molecule has 176 valence electrons. The molecular weight excluding hydrogens is 578 g/mol. The van der Waals surface area contributed by atoms with Crippen LogP contribution in [-0.4, -0.2) is 40.1 Å². The Morgan fingerprint density at radius 1 is 1.09 bits per heavy atom. The lowest BCUT2D eigenvalue weighted by Crippen LogP contribution is -2.31. The molecule has 0 spiro atoms. The van der Waals surface area contributed by atoms with Gasteiger partial charge in [-0.1, -0.05) is 28.1 Å². The Morgan fingerprint density at radius 2 is 1.76 bits per heavy atom. The van der Waals surface area contributed by atoms with E-state index in [2.05, 4.69) is 37.2 Å². The number of nitro benzene ring substituents is 1. The number of esters is 1. The van der Waals surface area contributed by atoms with E-state index in [1.807, 2.05) is 0 Å². The highest BCUT2D eigenvalue weighted by molar-refractivity contribution is 9.11. The Bertz CT molecular complexity index is 1190. The second kappa shape index (κ2) is 11.2. The molecule has 34 heavy (non-hydrogen) atoms. The SMILES string of the molecule is O=C(Cc1cc(Br)cc(Br)c1OC(=O)CCCN1C(=O)C=CC1=O)Nc1ccccc1[N+](=O)[O-]. The van der Waals surface area contributed by atoms with Gasteiger partial charge in [-0.05, 0) is 40.5 Å². The van der Waals surface area contributed by atoms with E-state index >= 15 is 0 Å². The smallest absolute Gasteiger partial charge is 0.311 e. The minimum atomic E-state index is -0.615. The molecule has 3 amide bonds. The van der Waals surface area contributed by atoms with Crippen LogP contribution in [0.2, 0.25) is 0 Å². The first kappa shape index (κ1) is 25.2. The predicted octanol–water partition coefficient (Wildman–Crippen LogP) is 3.91. The average molecular weight is 595 g/mol. The van der Waals surface area contributed by atoms with Crippen molar-refractivity contribution in [3.8, 4) is 5.75 Å². The number of nitrogens with zero attached hydrogens (tertiary/aromatic N) is 2. The zero-order valence-corrected chi connectivity index (χ0v) is 20.6. The van der Waals surface area contributed by atoms with Crippen LogP contribution in [0, 0.1) is 10.1 Å². The molecule has 0 unspecified atom stereocenters. The van der Waals surface area contributed by atoms with Crippen LogP contribution in [-0.2, 0) is 25.6 Å². The number of nitro groups is 1. The van der Waals surface area contributed by atoms with Crippen LogP contribution in [0.25, 0.3) is 0 Å². The van der Waals surface area contributed by atoms with Gasteiger partial charge in [0, 0.05) is 41.2 Å². The van der Waals surface area contributed by atoms with E-state index in [9.17, 15) is 29.3 Å². The van der Waals surface area contributed by atoms with Gasteiger partial charge in [0.25, 0.3) is 17.5 Å². The molecule has 0 radical (unpaired) electrons. The highest BCUT2D eigenvalue weighted by Crippen LogP contribution is 2.34. The molecule has 2 aromatic carbocycles. The van der Waals surface area contributed by atoms with Crippen molar-refractivity contribution >= 4 is 66.9 Å². The summed E-state index contributed by atoms with van der Waals surface area (Å²) in [6.45, 7) is 0.0758. The molecular formula is C22H17Br2N3O7. The summed E-state index contributed by atoms with van der Waals surface area (Å²) in [6.07, 6.45) is 2.25. The predicted molar refractivity (Wildman–Crippen MR) is 128 cm³/mol. The zero-order valence-electron chi connectivity index (χ0n) is 17.5. The number of para-hydroxylation sites is 2. The molecule has 0 fully saturated rings. The highest BCUT2D eigenvalue weighted by atomic mass is 79.9. The molecule has 0 aromatic heterocycles. The van der Waals surface area contributed by atoms with Gasteiger partial charge in [-0.3, -0.25) is 34.2 Å². The molecule has 1 aliphatic rings. The lowest BCUT2D eigenvalue weighted by molar-refractivity contribution is -0.383. The van der Waals surface area contributed by atoms with Crippen LogP contribution in [0.1, 0.15) is 18.4 Å². The summed E-state index contributed by atoms with van der Waals surface area (Å²) in [5, 5.41) is 13.7. The largest absolute Gasteiger partial charge is 0.425 e. The Hall–Kier alpha value is -3.38. The van der Waals surface area contributed by atoms with Crippen molar-refractivity contribution < 1.29 is 28.8 Å². The van der Waals surface area contributed by atoms with Gasteiger partial charge in [0.2, 0.25) is 5.91 Å². The summed E-state index contributed by atoms with van der Waals surface area (Å²) in [4.78, 5) is 59.8. The number of ether oxygens (including phenoxy) is 1. The minimum absolute atomic E-state index is 0.0469. The van der Waals surface area contributed by atoms with Crippen LogP contribution < -0.4 is 10.1 Å². The molecule has 1 aliphatic heterocycles. The van der Waals surface area contributed by atoms with Crippen LogP contribution >= 0.6 is 31.9 Å². The van der Waals surface area contributed by atoms with Crippen molar-refractivity contribution in [1.29, 1.82) is 0 Å². The number of rotatable bonds is 9. The summed E-state index contributed by atoms with van der Waals surface area (Å²) in [6, 6.07) is 8.98. The van der Waals surface area contributed by atoms with Gasteiger partial charge in [0.1, 0.15) is 11.4 Å². The van der Waals surface area contributed by atoms with Crippen LogP contribution in [0.3, 0.4) is 0 Å². The third-order valence-electron chi connectivity index (χ3n) is 4.69. The van der Waals surface area contributed by atoms with Crippen molar-refractivity contribution in [2.24, 2.45) is 0 Å². The fourth-order valence-corrected chi connectivity index (χ4v) is 4.56. The van der Waals surface area contributed by atoms with Gasteiger partial charge in [-0.2, -0.15) is 0 Å². The number of anilines is 1. The topological polar surface area (TPSA) is 136 Å². The monoisotopic (exact) mass is 593 g/mol. The Labute approximate surface area is 210 Å². The molecule has 10 nitrogen and oxygen atoms in total. The number of amides is 3. The number of halogens is 2. The summed E-state index contributed by atoms with van der Waals surface area (Å²) < 4.78 is 6.50.